The highest BCUT2D eigenvalue weighted by atomic mass is 16.6. The van der Waals surface area contributed by atoms with Crippen molar-refractivity contribution in [2.75, 3.05) is 14.2 Å². The number of cyclic esters (lactones) is 1. The molecule has 1 fully saturated rings. The number of rotatable bonds is 8. The zero-order valence-electron chi connectivity index (χ0n) is 15.8. The molecular formula is C22H26O5. The molecule has 3 rings (SSSR count). The Balaban J connectivity index is 1.65. The highest BCUT2D eigenvalue weighted by Crippen LogP contribution is 2.26. The quantitative estimate of drug-likeness (QED) is 0.665. The van der Waals surface area contributed by atoms with Crippen molar-refractivity contribution < 1.29 is 23.7 Å². The summed E-state index contributed by atoms with van der Waals surface area (Å²) in [6, 6.07) is 17.9. The number of hydrogen-bond acceptors (Lipinski definition) is 5. The lowest BCUT2D eigenvalue weighted by Crippen LogP contribution is -2.49. The number of ether oxygens (including phenoxy) is 4. The van der Waals surface area contributed by atoms with Crippen LogP contribution in [0.3, 0.4) is 0 Å². The van der Waals surface area contributed by atoms with Gasteiger partial charge in [0.1, 0.15) is 18.0 Å². The Labute approximate surface area is 160 Å². The first-order valence-corrected chi connectivity index (χ1v) is 9.20. The van der Waals surface area contributed by atoms with Gasteiger partial charge in [0.25, 0.3) is 0 Å². The third kappa shape index (κ3) is 5.31. The minimum absolute atomic E-state index is 0.214. The molecule has 1 aliphatic heterocycles. The van der Waals surface area contributed by atoms with Crippen LogP contribution in [0.1, 0.15) is 24.0 Å². The molecule has 1 unspecified atom stereocenters. The minimum atomic E-state index is -0.324. The van der Waals surface area contributed by atoms with Gasteiger partial charge in [0, 0.05) is 7.11 Å². The van der Waals surface area contributed by atoms with E-state index in [2.05, 4.69) is 12.1 Å². The number of aryl methyl sites for hydroxylation is 1. The van der Waals surface area contributed by atoms with E-state index in [1.807, 2.05) is 42.5 Å². The molecule has 0 aromatic heterocycles. The Kier molecular flexibility index (Phi) is 6.85. The first-order valence-electron chi connectivity index (χ1n) is 9.20. The molecule has 3 atom stereocenters. The van der Waals surface area contributed by atoms with Gasteiger partial charge in [-0.05, 0) is 36.1 Å². The first-order chi connectivity index (χ1) is 13.2. The zero-order valence-corrected chi connectivity index (χ0v) is 15.8. The molecule has 2 aromatic rings. The molecule has 1 heterocycles. The van der Waals surface area contributed by atoms with Gasteiger partial charge >= 0.3 is 5.97 Å². The summed E-state index contributed by atoms with van der Waals surface area (Å²) < 4.78 is 22.5. The van der Waals surface area contributed by atoms with Crippen molar-refractivity contribution in [3.05, 3.63) is 65.7 Å². The van der Waals surface area contributed by atoms with E-state index in [9.17, 15) is 4.79 Å². The second-order valence-electron chi connectivity index (χ2n) is 6.65. The molecule has 0 saturated carbocycles. The van der Waals surface area contributed by atoms with Crippen LogP contribution in [0.4, 0.5) is 0 Å². The molecule has 0 spiro atoms. The van der Waals surface area contributed by atoms with Gasteiger partial charge in [0.05, 0.1) is 26.2 Å². The van der Waals surface area contributed by atoms with Crippen LogP contribution < -0.4 is 4.74 Å². The van der Waals surface area contributed by atoms with Crippen molar-refractivity contribution in [3.8, 4) is 5.75 Å². The maximum Gasteiger partial charge on any atom is 0.308 e. The molecule has 144 valence electrons. The van der Waals surface area contributed by atoms with Gasteiger partial charge in [-0.2, -0.15) is 0 Å². The van der Waals surface area contributed by atoms with Crippen molar-refractivity contribution in [1.82, 2.24) is 0 Å². The van der Waals surface area contributed by atoms with Crippen molar-refractivity contribution in [2.45, 2.75) is 44.2 Å². The number of carbonyl (C=O) groups is 1. The van der Waals surface area contributed by atoms with E-state index in [-0.39, 0.29) is 30.7 Å². The molecule has 1 saturated heterocycles. The molecule has 1 aliphatic rings. The van der Waals surface area contributed by atoms with Crippen LogP contribution in [0.25, 0.3) is 0 Å². The fraction of sp³-hybridized carbons (Fsp3) is 0.409. The maximum atomic E-state index is 12.0. The second kappa shape index (κ2) is 9.53. The molecule has 0 aliphatic carbocycles. The van der Waals surface area contributed by atoms with Crippen molar-refractivity contribution in [1.29, 1.82) is 0 Å². The fourth-order valence-corrected chi connectivity index (χ4v) is 3.33. The molecule has 2 aromatic carbocycles. The van der Waals surface area contributed by atoms with E-state index < -0.39 is 0 Å². The lowest BCUT2D eigenvalue weighted by Gasteiger charge is -2.36. The lowest BCUT2D eigenvalue weighted by atomic mass is 9.96. The minimum Gasteiger partial charge on any atom is -0.497 e. The third-order valence-corrected chi connectivity index (χ3v) is 4.85. The number of carbonyl (C=O) groups excluding carboxylic acids is 1. The number of esters is 1. The summed E-state index contributed by atoms with van der Waals surface area (Å²) in [6.07, 6.45) is 0.810. The van der Waals surface area contributed by atoms with Crippen molar-refractivity contribution in [3.63, 3.8) is 0 Å². The normalized spacial score (nSPS) is 22.3. The average molecular weight is 370 g/mol. The highest BCUT2D eigenvalue weighted by Gasteiger charge is 2.39. The monoisotopic (exact) mass is 370 g/mol. The van der Waals surface area contributed by atoms with Gasteiger partial charge in [-0.3, -0.25) is 4.79 Å². The van der Waals surface area contributed by atoms with E-state index in [0.29, 0.717) is 13.0 Å². The van der Waals surface area contributed by atoms with Gasteiger partial charge in [-0.1, -0.05) is 42.5 Å². The summed E-state index contributed by atoms with van der Waals surface area (Å²) in [5.41, 5.74) is 2.24. The number of benzene rings is 2. The van der Waals surface area contributed by atoms with Crippen LogP contribution >= 0.6 is 0 Å². The molecule has 27 heavy (non-hydrogen) atoms. The van der Waals surface area contributed by atoms with Crippen molar-refractivity contribution in [2.24, 2.45) is 0 Å². The van der Waals surface area contributed by atoms with E-state index >= 15 is 0 Å². The van der Waals surface area contributed by atoms with Crippen LogP contribution in [-0.2, 0) is 32.0 Å². The second-order valence-corrected chi connectivity index (χ2v) is 6.65. The standard InChI is InChI=1S/C22H26O5/c1-24-18-11-8-17(9-12-18)15-26-22-19(27-21(23)14-20(22)25-2)13-10-16-6-4-3-5-7-16/h3-9,11-12,19-20,22H,10,13-15H2,1-2H3/t19-,20?,22+/m0/s1. The lowest BCUT2D eigenvalue weighted by molar-refractivity contribution is -0.192. The zero-order chi connectivity index (χ0) is 19.1. The summed E-state index contributed by atoms with van der Waals surface area (Å²) in [5.74, 6) is 0.574. The van der Waals surface area contributed by atoms with Gasteiger partial charge in [0.15, 0.2) is 0 Å². The molecule has 0 radical (unpaired) electrons. The van der Waals surface area contributed by atoms with Gasteiger partial charge in [0.2, 0.25) is 0 Å². The Bertz CT molecular complexity index is 713. The fourth-order valence-electron chi connectivity index (χ4n) is 3.33. The summed E-state index contributed by atoms with van der Waals surface area (Å²) in [5, 5.41) is 0. The molecule has 0 bridgehead atoms. The third-order valence-electron chi connectivity index (χ3n) is 4.85. The summed E-state index contributed by atoms with van der Waals surface area (Å²) in [6.45, 7) is 0.425. The first kappa shape index (κ1) is 19.4. The predicted octanol–water partition coefficient (Wildman–Crippen LogP) is 3.54. The van der Waals surface area contributed by atoms with Gasteiger partial charge in [-0.25, -0.2) is 0 Å². The van der Waals surface area contributed by atoms with Gasteiger partial charge in [-0.15, -0.1) is 0 Å². The van der Waals surface area contributed by atoms with Crippen LogP contribution in [0, 0.1) is 0 Å². The molecule has 0 N–H and O–H groups in total. The van der Waals surface area contributed by atoms with Crippen molar-refractivity contribution >= 4 is 5.97 Å². The SMILES string of the molecule is COc1ccc(CO[C@H]2C(OC)CC(=O)O[C@H]2CCc2ccccc2)cc1. The number of methoxy groups -OCH3 is 2. The Morgan fingerprint density at radius 3 is 2.41 bits per heavy atom. The van der Waals surface area contributed by atoms with E-state index in [0.717, 1.165) is 17.7 Å². The molecular weight excluding hydrogens is 344 g/mol. The number of hydrogen-bond donors (Lipinski definition) is 0. The molecule has 5 nitrogen and oxygen atoms in total. The largest absolute Gasteiger partial charge is 0.497 e. The summed E-state index contributed by atoms with van der Waals surface area (Å²) >= 11 is 0. The molecule has 0 amide bonds. The predicted molar refractivity (Wildman–Crippen MR) is 102 cm³/mol. The maximum absolute atomic E-state index is 12.0. The Hall–Kier alpha value is -2.37. The van der Waals surface area contributed by atoms with Crippen LogP contribution in [-0.4, -0.2) is 38.5 Å². The summed E-state index contributed by atoms with van der Waals surface area (Å²) in [7, 11) is 3.25. The molecule has 5 heteroatoms. The Morgan fingerprint density at radius 1 is 1.00 bits per heavy atom. The smallest absolute Gasteiger partial charge is 0.308 e. The highest BCUT2D eigenvalue weighted by molar-refractivity contribution is 5.71. The topological polar surface area (TPSA) is 54.0 Å². The summed E-state index contributed by atoms with van der Waals surface area (Å²) in [4.78, 5) is 12.0. The van der Waals surface area contributed by atoms with E-state index in [4.69, 9.17) is 18.9 Å². The van der Waals surface area contributed by atoms with E-state index in [1.54, 1.807) is 14.2 Å². The average Bonchev–Trinajstić information content (AvgIpc) is 2.72. The van der Waals surface area contributed by atoms with E-state index in [1.165, 1.54) is 5.56 Å². The van der Waals surface area contributed by atoms with Gasteiger partial charge < -0.3 is 18.9 Å². The van der Waals surface area contributed by atoms with Crippen LogP contribution in [0.5, 0.6) is 5.75 Å². The van der Waals surface area contributed by atoms with Crippen LogP contribution in [0.15, 0.2) is 54.6 Å². The van der Waals surface area contributed by atoms with Crippen LogP contribution in [0.2, 0.25) is 0 Å². The Morgan fingerprint density at radius 2 is 1.74 bits per heavy atom.